The number of hydrogen-bond acceptors (Lipinski definition) is 4. The monoisotopic (exact) mass is 233 g/mol. The molecule has 2 aliphatic rings. The molecular weight excluding hydrogens is 218 g/mol. The SMILES string of the molecule is Cc1ccncc1NC1=NCC(C2CC2)S1. The number of nitrogens with zero attached hydrogens (tertiary/aromatic N) is 2. The summed E-state index contributed by atoms with van der Waals surface area (Å²) in [5.41, 5.74) is 2.29. The minimum Gasteiger partial charge on any atom is -0.333 e. The second kappa shape index (κ2) is 4.09. The highest BCUT2D eigenvalue weighted by atomic mass is 32.2. The number of anilines is 1. The maximum atomic E-state index is 4.56. The molecule has 1 atom stereocenters. The average Bonchev–Trinajstić information content (AvgIpc) is 3.03. The van der Waals surface area contributed by atoms with Crippen molar-refractivity contribution in [2.45, 2.75) is 25.0 Å². The topological polar surface area (TPSA) is 37.3 Å². The summed E-state index contributed by atoms with van der Waals surface area (Å²) in [5.74, 6) is 0.919. The van der Waals surface area contributed by atoms with Gasteiger partial charge in [0.25, 0.3) is 0 Å². The van der Waals surface area contributed by atoms with Crippen molar-refractivity contribution in [2.75, 3.05) is 11.9 Å². The molecule has 3 nitrogen and oxygen atoms in total. The molecule has 1 aromatic heterocycles. The van der Waals surface area contributed by atoms with Gasteiger partial charge in [-0.2, -0.15) is 0 Å². The molecular formula is C12H15N3S. The molecule has 1 saturated carbocycles. The first kappa shape index (κ1) is 10.1. The van der Waals surface area contributed by atoms with Gasteiger partial charge in [-0.15, -0.1) is 0 Å². The molecule has 0 bridgehead atoms. The van der Waals surface area contributed by atoms with E-state index in [9.17, 15) is 0 Å². The lowest BCUT2D eigenvalue weighted by atomic mass is 10.2. The minimum absolute atomic E-state index is 0.722. The molecule has 1 aromatic rings. The zero-order valence-corrected chi connectivity index (χ0v) is 10.1. The number of aromatic nitrogens is 1. The third kappa shape index (κ3) is 2.07. The summed E-state index contributed by atoms with van der Waals surface area (Å²) in [6.07, 6.45) is 6.47. The predicted octanol–water partition coefficient (Wildman–Crippen LogP) is 2.68. The average molecular weight is 233 g/mol. The Morgan fingerprint density at radius 2 is 2.31 bits per heavy atom. The van der Waals surface area contributed by atoms with Crippen LogP contribution in [0.4, 0.5) is 5.69 Å². The van der Waals surface area contributed by atoms with Gasteiger partial charge in [-0.25, -0.2) is 0 Å². The Hall–Kier alpha value is -1.03. The van der Waals surface area contributed by atoms with Crippen LogP contribution in [0.3, 0.4) is 0 Å². The molecule has 1 N–H and O–H groups in total. The summed E-state index contributed by atoms with van der Waals surface area (Å²) < 4.78 is 0. The van der Waals surface area contributed by atoms with Gasteiger partial charge in [0, 0.05) is 11.4 Å². The Labute approximate surface area is 99.8 Å². The van der Waals surface area contributed by atoms with Crippen molar-refractivity contribution in [3.05, 3.63) is 24.0 Å². The van der Waals surface area contributed by atoms with Crippen LogP contribution in [0.1, 0.15) is 18.4 Å². The fraction of sp³-hybridized carbons (Fsp3) is 0.500. The van der Waals surface area contributed by atoms with Crippen LogP contribution < -0.4 is 5.32 Å². The number of amidine groups is 1. The van der Waals surface area contributed by atoms with E-state index in [1.807, 2.05) is 30.2 Å². The number of thioether (sulfide) groups is 1. The quantitative estimate of drug-likeness (QED) is 0.853. The first-order valence-electron chi connectivity index (χ1n) is 5.71. The Balaban J connectivity index is 1.65. The van der Waals surface area contributed by atoms with Crippen molar-refractivity contribution in [3.63, 3.8) is 0 Å². The standard InChI is InChI=1S/C12H15N3S/c1-8-4-5-13-6-10(8)15-12-14-7-11(16-12)9-2-3-9/h4-6,9,11H,2-3,7H2,1H3,(H,14,15). The molecule has 3 rings (SSSR count). The predicted molar refractivity (Wildman–Crippen MR) is 69.0 cm³/mol. The molecule has 1 aliphatic carbocycles. The minimum atomic E-state index is 0.722. The van der Waals surface area contributed by atoms with Crippen LogP contribution in [0.15, 0.2) is 23.5 Å². The number of hydrogen-bond donors (Lipinski definition) is 1. The van der Waals surface area contributed by atoms with Gasteiger partial charge < -0.3 is 5.32 Å². The second-order valence-electron chi connectivity index (χ2n) is 4.46. The zero-order valence-electron chi connectivity index (χ0n) is 9.31. The molecule has 2 heterocycles. The van der Waals surface area contributed by atoms with Crippen LogP contribution in [-0.4, -0.2) is 21.9 Å². The van der Waals surface area contributed by atoms with Crippen LogP contribution in [0.5, 0.6) is 0 Å². The van der Waals surface area contributed by atoms with Crippen molar-refractivity contribution >= 4 is 22.6 Å². The lowest BCUT2D eigenvalue weighted by Crippen LogP contribution is -2.09. The van der Waals surface area contributed by atoms with E-state index in [1.165, 1.54) is 18.4 Å². The van der Waals surface area contributed by atoms with Gasteiger partial charge in [0.2, 0.25) is 0 Å². The van der Waals surface area contributed by atoms with Crippen molar-refractivity contribution in [1.29, 1.82) is 0 Å². The molecule has 1 aliphatic heterocycles. The fourth-order valence-electron chi connectivity index (χ4n) is 1.88. The van der Waals surface area contributed by atoms with Crippen LogP contribution in [0.25, 0.3) is 0 Å². The molecule has 0 radical (unpaired) electrons. The van der Waals surface area contributed by atoms with Gasteiger partial charge in [0.1, 0.15) is 0 Å². The molecule has 0 saturated heterocycles. The third-order valence-electron chi connectivity index (χ3n) is 3.11. The highest BCUT2D eigenvalue weighted by Gasteiger charge is 2.35. The van der Waals surface area contributed by atoms with Crippen molar-refractivity contribution in [1.82, 2.24) is 4.98 Å². The maximum Gasteiger partial charge on any atom is 0.161 e. The van der Waals surface area contributed by atoms with E-state index in [2.05, 4.69) is 22.2 Å². The number of pyridine rings is 1. The Morgan fingerprint density at radius 3 is 3.06 bits per heavy atom. The van der Waals surface area contributed by atoms with E-state index in [0.717, 1.165) is 28.6 Å². The molecule has 84 valence electrons. The van der Waals surface area contributed by atoms with Crippen molar-refractivity contribution in [2.24, 2.45) is 10.9 Å². The van der Waals surface area contributed by atoms with Gasteiger partial charge in [-0.1, -0.05) is 11.8 Å². The summed E-state index contributed by atoms with van der Waals surface area (Å²) in [5, 5.41) is 5.16. The molecule has 0 amide bonds. The Kier molecular flexibility index (Phi) is 2.59. The largest absolute Gasteiger partial charge is 0.333 e. The van der Waals surface area contributed by atoms with Gasteiger partial charge in [-0.05, 0) is 37.3 Å². The smallest absolute Gasteiger partial charge is 0.161 e. The molecule has 0 spiro atoms. The summed E-state index contributed by atoms with van der Waals surface area (Å²) in [6, 6.07) is 2.01. The first-order valence-corrected chi connectivity index (χ1v) is 6.59. The van der Waals surface area contributed by atoms with Gasteiger partial charge >= 0.3 is 0 Å². The van der Waals surface area contributed by atoms with E-state index in [-0.39, 0.29) is 0 Å². The van der Waals surface area contributed by atoms with Gasteiger partial charge in [0.15, 0.2) is 5.17 Å². The van der Waals surface area contributed by atoms with E-state index in [4.69, 9.17) is 0 Å². The number of aliphatic imine (C=N–C) groups is 1. The van der Waals surface area contributed by atoms with E-state index in [0.29, 0.717) is 0 Å². The summed E-state index contributed by atoms with van der Waals surface area (Å²) in [4.78, 5) is 8.68. The number of rotatable bonds is 2. The van der Waals surface area contributed by atoms with Crippen LogP contribution >= 0.6 is 11.8 Å². The van der Waals surface area contributed by atoms with Crippen molar-refractivity contribution in [3.8, 4) is 0 Å². The first-order chi connectivity index (χ1) is 7.83. The van der Waals surface area contributed by atoms with Crippen LogP contribution in [0, 0.1) is 12.8 Å². The van der Waals surface area contributed by atoms with E-state index in [1.54, 1.807) is 0 Å². The summed E-state index contributed by atoms with van der Waals surface area (Å²) in [7, 11) is 0. The van der Waals surface area contributed by atoms with E-state index < -0.39 is 0 Å². The number of nitrogens with one attached hydrogen (secondary N) is 1. The van der Waals surface area contributed by atoms with Crippen LogP contribution in [-0.2, 0) is 0 Å². The Morgan fingerprint density at radius 1 is 1.44 bits per heavy atom. The normalized spacial score (nSPS) is 24.3. The van der Waals surface area contributed by atoms with E-state index >= 15 is 0 Å². The summed E-state index contributed by atoms with van der Waals surface area (Å²) >= 11 is 1.90. The highest BCUT2D eigenvalue weighted by molar-refractivity contribution is 8.15. The molecule has 4 heteroatoms. The second-order valence-corrected chi connectivity index (χ2v) is 5.68. The highest BCUT2D eigenvalue weighted by Crippen LogP contribution is 2.41. The third-order valence-corrected chi connectivity index (χ3v) is 4.40. The molecule has 0 aromatic carbocycles. The number of aryl methyl sites for hydroxylation is 1. The van der Waals surface area contributed by atoms with Crippen molar-refractivity contribution < 1.29 is 0 Å². The molecule has 1 unspecified atom stereocenters. The molecule has 16 heavy (non-hydrogen) atoms. The van der Waals surface area contributed by atoms with Crippen LogP contribution in [0.2, 0.25) is 0 Å². The maximum absolute atomic E-state index is 4.56. The lowest BCUT2D eigenvalue weighted by Gasteiger charge is -2.09. The van der Waals surface area contributed by atoms with Gasteiger partial charge in [0.05, 0.1) is 18.4 Å². The summed E-state index contributed by atoms with van der Waals surface area (Å²) in [6.45, 7) is 3.07. The fourth-order valence-corrected chi connectivity index (χ4v) is 3.10. The zero-order chi connectivity index (χ0) is 11.0. The lowest BCUT2D eigenvalue weighted by molar-refractivity contribution is 0.773. The molecule has 1 fully saturated rings. The van der Waals surface area contributed by atoms with Gasteiger partial charge in [-0.3, -0.25) is 9.98 Å². The Bertz CT molecular complexity index is 426.